The van der Waals surface area contributed by atoms with Crippen molar-refractivity contribution in [3.63, 3.8) is 0 Å². The second-order valence-electron chi connectivity index (χ2n) is 9.57. The molecule has 6 N–H and O–H groups in total. The Morgan fingerprint density at radius 1 is 1.15 bits per heavy atom. The van der Waals surface area contributed by atoms with Crippen LogP contribution in [0.25, 0.3) is 11.2 Å². The van der Waals surface area contributed by atoms with Crippen LogP contribution in [0.3, 0.4) is 0 Å². The first-order chi connectivity index (χ1) is 22.0. The van der Waals surface area contributed by atoms with Crippen molar-refractivity contribution in [3.05, 3.63) is 36.7 Å². The molecule has 0 bridgehead atoms. The van der Waals surface area contributed by atoms with Crippen molar-refractivity contribution >= 4 is 67.9 Å². The number of nitrogens with one attached hydrogen (secondary N) is 2. The zero-order valence-electron chi connectivity index (χ0n) is 24.1. The summed E-state index contributed by atoms with van der Waals surface area (Å²) >= 11 is 2.25. The van der Waals surface area contributed by atoms with Crippen LogP contribution in [-0.4, -0.2) is 101 Å². The smallest absolute Gasteiger partial charge is 0.438 e. The molecule has 0 saturated carbocycles. The number of carbonyl (C=O) groups is 1. The number of aromatic nitrogens is 4. The molecular formula is C23H29F3N6O11P2S2. The lowest BCUT2D eigenvalue weighted by molar-refractivity contribution is -0.129. The lowest BCUT2D eigenvalue weighted by Crippen LogP contribution is -2.38. The van der Waals surface area contributed by atoms with E-state index in [0.717, 1.165) is 11.8 Å². The zero-order chi connectivity index (χ0) is 34.4. The number of amides is 1. The van der Waals surface area contributed by atoms with Crippen LogP contribution >= 0.6 is 39.2 Å². The van der Waals surface area contributed by atoms with Crippen LogP contribution in [0.1, 0.15) is 12.6 Å². The minimum Gasteiger partial charge on any atom is -0.438 e. The molecule has 47 heavy (non-hydrogen) atoms. The number of nitrogens with zero attached hydrogens (tertiary/aromatic N) is 4. The fourth-order valence-corrected chi connectivity index (χ4v) is 6.85. The molecule has 17 nitrogen and oxygen atoms in total. The number of imidazole rings is 1. The monoisotopic (exact) mass is 748 g/mol. The van der Waals surface area contributed by atoms with Gasteiger partial charge in [0.1, 0.15) is 12.2 Å². The number of hydrogen-bond donors (Lipinski definition) is 6. The van der Waals surface area contributed by atoms with E-state index in [9.17, 15) is 37.1 Å². The molecule has 1 fully saturated rings. The predicted molar refractivity (Wildman–Crippen MR) is 163 cm³/mol. The van der Waals surface area contributed by atoms with Crippen LogP contribution < -0.4 is 10.6 Å². The maximum atomic E-state index is 12.8. The maximum absolute atomic E-state index is 12.8. The van der Waals surface area contributed by atoms with Crippen molar-refractivity contribution in [3.8, 4) is 0 Å². The number of phosphoric acid groups is 2. The molecule has 0 aliphatic carbocycles. The molecule has 2 aromatic heterocycles. The summed E-state index contributed by atoms with van der Waals surface area (Å²) < 4.78 is 82.5. The quantitative estimate of drug-likeness (QED) is 0.0562. The van der Waals surface area contributed by atoms with Crippen molar-refractivity contribution < 1.29 is 65.2 Å². The van der Waals surface area contributed by atoms with Crippen LogP contribution in [0.2, 0.25) is 0 Å². The molecule has 1 saturated heterocycles. The molecule has 5 atom stereocenters. The highest BCUT2D eigenvalue weighted by molar-refractivity contribution is 7.99. The zero-order valence-corrected chi connectivity index (χ0v) is 27.5. The first-order valence-electron chi connectivity index (χ1n) is 13.3. The van der Waals surface area contributed by atoms with Gasteiger partial charge in [-0.25, -0.2) is 28.9 Å². The molecule has 0 spiro atoms. The van der Waals surface area contributed by atoms with Crippen LogP contribution in [0.4, 0.5) is 29.5 Å². The van der Waals surface area contributed by atoms with Gasteiger partial charge in [0.05, 0.1) is 19.4 Å². The number of thioether (sulfide) groups is 2. The Morgan fingerprint density at radius 3 is 2.53 bits per heavy atom. The van der Waals surface area contributed by atoms with Gasteiger partial charge in [-0.2, -0.15) is 29.2 Å². The van der Waals surface area contributed by atoms with Gasteiger partial charge in [-0.05, 0) is 18.4 Å². The maximum Gasteiger partial charge on any atom is 0.481 e. The normalized spacial score (nSPS) is 21.4. The summed E-state index contributed by atoms with van der Waals surface area (Å²) in [6.45, 7) is -0.568. The summed E-state index contributed by atoms with van der Waals surface area (Å²) in [7, 11) is -10.8. The molecule has 2 unspecified atom stereocenters. The number of fused-ring (bicyclic) bond motifs is 1. The molecule has 3 heterocycles. The van der Waals surface area contributed by atoms with E-state index in [2.05, 4.69) is 34.4 Å². The summed E-state index contributed by atoms with van der Waals surface area (Å²) in [5.41, 5.74) is 0.501. The highest BCUT2D eigenvalue weighted by Crippen LogP contribution is 2.57. The van der Waals surface area contributed by atoms with E-state index in [0.29, 0.717) is 18.0 Å². The molecule has 1 amide bonds. The third-order valence-electron chi connectivity index (χ3n) is 6.08. The standard InChI is InChI=1S/C23H29F3N6O11P2S2/c1-46-10-8-27-18-15-19(31-21(30-18)47-9-7-23(24,25)26)32(12-28-15)20-17(42-22(34)29-13-5-3-2-4-6-13)16(33)14(41-20)11-40-45(38,39)43-44(35,36)37/h2-6,12,14,16-17,20,33H,7-11H2,1H3,(H,29,34)(H,38,39)(H,27,30,31)(H2,35,36,37)/t14-,16-,17-,20?/m1/s1. The Labute approximate surface area is 272 Å². The van der Waals surface area contributed by atoms with Gasteiger partial charge >= 0.3 is 27.9 Å². The van der Waals surface area contributed by atoms with Gasteiger partial charge in [0.2, 0.25) is 0 Å². The largest absolute Gasteiger partial charge is 0.481 e. The fourth-order valence-electron chi connectivity index (χ4n) is 4.13. The first-order valence-corrected chi connectivity index (χ1v) is 18.7. The van der Waals surface area contributed by atoms with Gasteiger partial charge < -0.3 is 34.6 Å². The summed E-state index contributed by atoms with van der Waals surface area (Å²) in [5.74, 6) is 0.440. The number of halogens is 3. The Hall–Kier alpha value is -2.49. The number of anilines is 2. The molecule has 4 rings (SSSR count). The number of phosphoric ester groups is 1. The second-order valence-corrected chi connectivity index (χ2v) is 14.4. The molecule has 1 aromatic carbocycles. The number of carbonyl (C=O) groups excluding carboxylic acids is 1. The van der Waals surface area contributed by atoms with Gasteiger partial charge in [-0.1, -0.05) is 30.0 Å². The Balaban J connectivity index is 1.67. The van der Waals surface area contributed by atoms with Crippen molar-refractivity contribution in [1.82, 2.24) is 19.5 Å². The van der Waals surface area contributed by atoms with E-state index >= 15 is 0 Å². The summed E-state index contributed by atoms with van der Waals surface area (Å²) in [6.07, 6.45) is -9.90. The van der Waals surface area contributed by atoms with E-state index in [1.807, 2.05) is 6.26 Å². The molecule has 1 aliphatic rings. The summed E-state index contributed by atoms with van der Waals surface area (Å²) in [6, 6.07) is 8.09. The minimum absolute atomic E-state index is 0.00894. The van der Waals surface area contributed by atoms with Crippen molar-refractivity contribution in [2.45, 2.75) is 42.3 Å². The Bertz CT molecular complexity index is 1620. The summed E-state index contributed by atoms with van der Waals surface area (Å²) in [4.78, 5) is 53.3. The minimum atomic E-state index is -5.46. The van der Waals surface area contributed by atoms with Crippen LogP contribution in [0, 0.1) is 0 Å². The number of para-hydroxylation sites is 1. The first kappa shape index (κ1) is 37.3. The van der Waals surface area contributed by atoms with E-state index in [1.54, 1.807) is 30.3 Å². The molecule has 0 radical (unpaired) electrons. The van der Waals surface area contributed by atoms with Crippen molar-refractivity contribution in [2.24, 2.45) is 0 Å². The molecule has 1 aliphatic heterocycles. The van der Waals surface area contributed by atoms with Crippen molar-refractivity contribution in [1.29, 1.82) is 0 Å². The van der Waals surface area contributed by atoms with Crippen molar-refractivity contribution in [2.75, 3.05) is 41.5 Å². The highest BCUT2D eigenvalue weighted by atomic mass is 32.2. The van der Waals surface area contributed by atoms with Crippen LogP contribution in [-0.2, 0) is 27.4 Å². The number of alkyl halides is 3. The van der Waals surface area contributed by atoms with Crippen LogP contribution in [0.5, 0.6) is 0 Å². The number of aliphatic hydroxyl groups excluding tert-OH is 1. The number of aliphatic hydroxyl groups is 1. The van der Waals surface area contributed by atoms with Gasteiger partial charge in [0, 0.05) is 23.7 Å². The number of benzene rings is 1. The fraction of sp³-hybridized carbons (Fsp3) is 0.478. The van der Waals surface area contributed by atoms with Gasteiger partial charge in [-0.15, -0.1) is 0 Å². The molecule has 3 aromatic rings. The number of hydrogen-bond acceptors (Lipinski definition) is 14. The van der Waals surface area contributed by atoms with Gasteiger partial charge in [-0.3, -0.25) is 14.4 Å². The SMILES string of the molecule is CSCCNc1nc(SCCC(F)(F)F)nc2c1ncn2C1O[C@H](COP(=O)(O)OP(=O)(O)O)[C@@H](O)[C@H]1OC(=O)Nc1ccccc1. The molecular weight excluding hydrogens is 719 g/mol. The third-order valence-corrected chi connectivity index (χ3v) is 9.69. The highest BCUT2D eigenvalue weighted by Gasteiger charge is 2.49. The molecule has 24 heteroatoms. The average molecular weight is 749 g/mol. The Morgan fingerprint density at radius 2 is 1.87 bits per heavy atom. The van der Waals surface area contributed by atoms with E-state index < -0.39 is 71.2 Å². The van der Waals surface area contributed by atoms with E-state index in [1.165, 1.54) is 22.7 Å². The van der Waals surface area contributed by atoms with E-state index in [4.69, 9.17) is 19.3 Å². The average Bonchev–Trinajstić information content (AvgIpc) is 3.51. The number of ether oxygens (including phenoxy) is 2. The lowest BCUT2D eigenvalue weighted by atomic mass is 10.1. The topological polar surface area (TPSA) is 237 Å². The third kappa shape index (κ3) is 11.0. The second kappa shape index (κ2) is 15.8. The summed E-state index contributed by atoms with van der Waals surface area (Å²) in [5, 5.41) is 16.6. The van der Waals surface area contributed by atoms with E-state index in [-0.39, 0.29) is 22.1 Å². The van der Waals surface area contributed by atoms with Gasteiger partial charge in [0.15, 0.2) is 34.5 Å². The predicted octanol–water partition coefficient (Wildman–Crippen LogP) is 3.75. The van der Waals surface area contributed by atoms with Crippen LogP contribution in [0.15, 0.2) is 41.8 Å². The number of rotatable bonds is 15. The lowest BCUT2D eigenvalue weighted by Gasteiger charge is -2.22. The van der Waals surface area contributed by atoms with Gasteiger partial charge in [0.25, 0.3) is 0 Å². The molecule has 260 valence electrons. The Kier molecular flexibility index (Phi) is 12.6.